The zero-order valence-corrected chi connectivity index (χ0v) is 8.67. The Balaban J connectivity index is 0.000000980. The summed E-state index contributed by atoms with van der Waals surface area (Å²) in [5.41, 5.74) is 0. The van der Waals surface area contributed by atoms with Gasteiger partial charge in [-0.1, -0.05) is 0 Å². The van der Waals surface area contributed by atoms with E-state index in [1.807, 2.05) is 0 Å². The molecule has 0 aliphatic carbocycles. The average Bonchev–Trinajstić information content (AvgIpc) is 2.21. The van der Waals surface area contributed by atoms with Gasteiger partial charge in [0.05, 0.1) is 12.4 Å². The minimum atomic E-state index is 0. The molecule has 2 rings (SSSR count). The van der Waals surface area contributed by atoms with Crippen LogP contribution < -0.4 is 10.1 Å². The normalized spacial score (nSPS) is 17.1. The van der Waals surface area contributed by atoms with Gasteiger partial charge in [0.15, 0.2) is 5.75 Å². The van der Waals surface area contributed by atoms with Gasteiger partial charge in [0, 0.05) is 0 Å². The van der Waals surface area contributed by atoms with Crippen molar-refractivity contribution in [1.29, 1.82) is 0 Å². The largest absolute Gasteiger partial charge is 0.487 e. The van der Waals surface area contributed by atoms with Crippen LogP contribution in [0.15, 0.2) is 18.7 Å². The van der Waals surface area contributed by atoms with Gasteiger partial charge in [-0.3, -0.25) is 0 Å². The molecule has 1 aliphatic rings. The topological polar surface area (TPSA) is 47.0 Å². The Bertz CT molecular complexity index is 251. The van der Waals surface area contributed by atoms with Crippen LogP contribution in [-0.4, -0.2) is 29.2 Å². The molecule has 0 amide bonds. The first-order valence-corrected chi connectivity index (χ1v) is 4.57. The van der Waals surface area contributed by atoms with Gasteiger partial charge in [0.2, 0.25) is 0 Å². The number of hydrogen-bond donors (Lipinski definition) is 1. The van der Waals surface area contributed by atoms with E-state index in [0.717, 1.165) is 31.7 Å². The summed E-state index contributed by atoms with van der Waals surface area (Å²) >= 11 is 0. The third-order valence-corrected chi connectivity index (χ3v) is 2.13. The minimum absolute atomic E-state index is 0. The number of nitrogens with zero attached hydrogens (tertiary/aromatic N) is 2. The van der Waals surface area contributed by atoms with E-state index in [-0.39, 0.29) is 12.4 Å². The van der Waals surface area contributed by atoms with Gasteiger partial charge in [-0.2, -0.15) is 0 Å². The molecule has 1 aromatic rings. The van der Waals surface area contributed by atoms with Crippen LogP contribution in [0.25, 0.3) is 0 Å². The van der Waals surface area contributed by atoms with E-state index in [2.05, 4.69) is 15.3 Å². The summed E-state index contributed by atoms with van der Waals surface area (Å²) in [5, 5.41) is 3.29. The molecule has 1 saturated heterocycles. The maximum absolute atomic E-state index is 5.69. The lowest BCUT2D eigenvalue weighted by atomic mass is 10.1. The van der Waals surface area contributed by atoms with Crippen LogP contribution in [0.5, 0.6) is 5.75 Å². The second-order valence-electron chi connectivity index (χ2n) is 3.14. The summed E-state index contributed by atoms with van der Waals surface area (Å²) in [6, 6.07) is 0. The quantitative estimate of drug-likeness (QED) is 0.801. The molecule has 14 heavy (non-hydrogen) atoms. The Morgan fingerprint density at radius 2 is 1.86 bits per heavy atom. The molecule has 1 fully saturated rings. The Hall–Kier alpha value is -0.870. The van der Waals surface area contributed by atoms with Gasteiger partial charge in [-0.15, -0.1) is 12.4 Å². The Morgan fingerprint density at radius 1 is 1.21 bits per heavy atom. The number of piperidine rings is 1. The summed E-state index contributed by atoms with van der Waals surface area (Å²) in [6.45, 7) is 2.08. The molecule has 0 aromatic carbocycles. The monoisotopic (exact) mass is 215 g/mol. The summed E-state index contributed by atoms with van der Waals surface area (Å²) in [5.74, 6) is 0.773. The maximum Gasteiger partial charge on any atom is 0.156 e. The maximum atomic E-state index is 5.69. The van der Waals surface area contributed by atoms with Crippen LogP contribution in [0.1, 0.15) is 12.8 Å². The van der Waals surface area contributed by atoms with Crippen molar-refractivity contribution in [3.8, 4) is 5.75 Å². The van der Waals surface area contributed by atoms with Crippen molar-refractivity contribution in [1.82, 2.24) is 15.3 Å². The van der Waals surface area contributed by atoms with Crippen LogP contribution in [0.4, 0.5) is 0 Å². The van der Waals surface area contributed by atoms with Gasteiger partial charge >= 0.3 is 0 Å². The standard InChI is InChI=1S/C9H13N3O.ClH/c1-3-10-4-2-8(1)13-9-5-11-7-12-6-9;/h5-8,10H,1-4H2;1H. The SMILES string of the molecule is Cl.c1ncc(OC2CCNCC2)cn1. The zero-order chi connectivity index (χ0) is 8.93. The van der Waals surface area contributed by atoms with E-state index >= 15 is 0 Å². The molecule has 0 radical (unpaired) electrons. The summed E-state index contributed by atoms with van der Waals surface area (Å²) in [6.07, 6.45) is 7.37. The van der Waals surface area contributed by atoms with Crippen molar-refractivity contribution in [2.45, 2.75) is 18.9 Å². The van der Waals surface area contributed by atoms with Crippen LogP contribution in [0.3, 0.4) is 0 Å². The predicted molar refractivity (Wildman–Crippen MR) is 55.8 cm³/mol. The molecule has 4 nitrogen and oxygen atoms in total. The number of rotatable bonds is 2. The second kappa shape index (κ2) is 5.78. The lowest BCUT2D eigenvalue weighted by Crippen LogP contribution is -2.34. The van der Waals surface area contributed by atoms with E-state index in [1.165, 1.54) is 6.33 Å². The van der Waals surface area contributed by atoms with Crippen molar-refractivity contribution in [2.75, 3.05) is 13.1 Å². The molecule has 1 aromatic heterocycles. The van der Waals surface area contributed by atoms with E-state index < -0.39 is 0 Å². The molecule has 0 saturated carbocycles. The minimum Gasteiger partial charge on any atom is -0.487 e. The molecule has 1 aliphatic heterocycles. The Morgan fingerprint density at radius 3 is 2.50 bits per heavy atom. The Kier molecular flexibility index (Phi) is 4.62. The van der Waals surface area contributed by atoms with Crippen molar-refractivity contribution in [3.63, 3.8) is 0 Å². The lowest BCUT2D eigenvalue weighted by molar-refractivity contribution is 0.161. The van der Waals surface area contributed by atoms with Crippen molar-refractivity contribution in [2.24, 2.45) is 0 Å². The molecular formula is C9H14ClN3O. The fraction of sp³-hybridized carbons (Fsp3) is 0.556. The summed E-state index contributed by atoms with van der Waals surface area (Å²) in [4.78, 5) is 7.80. The molecule has 0 unspecified atom stereocenters. The average molecular weight is 216 g/mol. The van der Waals surface area contributed by atoms with Crippen LogP contribution in [-0.2, 0) is 0 Å². The van der Waals surface area contributed by atoms with E-state index in [4.69, 9.17) is 4.74 Å². The third-order valence-electron chi connectivity index (χ3n) is 2.13. The number of aromatic nitrogens is 2. The first-order chi connectivity index (χ1) is 6.45. The summed E-state index contributed by atoms with van der Waals surface area (Å²) in [7, 11) is 0. The van der Waals surface area contributed by atoms with Gasteiger partial charge in [0.1, 0.15) is 12.4 Å². The lowest BCUT2D eigenvalue weighted by Gasteiger charge is -2.23. The van der Waals surface area contributed by atoms with E-state index in [0.29, 0.717) is 6.10 Å². The van der Waals surface area contributed by atoms with Gasteiger partial charge < -0.3 is 10.1 Å². The highest BCUT2D eigenvalue weighted by molar-refractivity contribution is 5.85. The molecule has 2 heterocycles. The molecule has 0 spiro atoms. The van der Waals surface area contributed by atoms with Crippen LogP contribution >= 0.6 is 12.4 Å². The van der Waals surface area contributed by atoms with Crippen molar-refractivity contribution in [3.05, 3.63) is 18.7 Å². The van der Waals surface area contributed by atoms with Gasteiger partial charge in [-0.05, 0) is 25.9 Å². The fourth-order valence-corrected chi connectivity index (χ4v) is 1.45. The number of nitrogens with one attached hydrogen (secondary N) is 1. The number of hydrogen-bond acceptors (Lipinski definition) is 4. The first-order valence-electron chi connectivity index (χ1n) is 4.57. The highest BCUT2D eigenvalue weighted by Gasteiger charge is 2.14. The van der Waals surface area contributed by atoms with Crippen molar-refractivity contribution < 1.29 is 4.74 Å². The molecule has 0 bridgehead atoms. The molecule has 5 heteroatoms. The number of ether oxygens (including phenoxy) is 1. The van der Waals surface area contributed by atoms with Crippen LogP contribution in [0.2, 0.25) is 0 Å². The molecule has 78 valence electrons. The predicted octanol–water partition coefficient (Wildman–Crippen LogP) is 1.03. The molecule has 0 atom stereocenters. The fourth-order valence-electron chi connectivity index (χ4n) is 1.45. The summed E-state index contributed by atoms with van der Waals surface area (Å²) < 4.78 is 5.69. The number of halogens is 1. The molecule has 1 N–H and O–H groups in total. The van der Waals surface area contributed by atoms with E-state index in [9.17, 15) is 0 Å². The molecular weight excluding hydrogens is 202 g/mol. The Labute approximate surface area is 89.5 Å². The van der Waals surface area contributed by atoms with E-state index in [1.54, 1.807) is 12.4 Å². The third kappa shape index (κ3) is 3.12. The second-order valence-corrected chi connectivity index (χ2v) is 3.14. The first kappa shape index (κ1) is 11.2. The smallest absolute Gasteiger partial charge is 0.156 e. The van der Waals surface area contributed by atoms with Crippen LogP contribution in [0, 0.1) is 0 Å². The highest BCUT2D eigenvalue weighted by Crippen LogP contribution is 2.13. The van der Waals surface area contributed by atoms with Crippen molar-refractivity contribution >= 4 is 12.4 Å². The zero-order valence-electron chi connectivity index (χ0n) is 7.85. The van der Waals surface area contributed by atoms with Gasteiger partial charge in [0.25, 0.3) is 0 Å². The van der Waals surface area contributed by atoms with Gasteiger partial charge in [-0.25, -0.2) is 9.97 Å². The highest BCUT2D eigenvalue weighted by atomic mass is 35.5.